The van der Waals surface area contributed by atoms with Gasteiger partial charge in [0.2, 0.25) is 11.8 Å². The van der Waals surface area contributed by atoms with Gasteiger partial charge in [-0.25, -0.2) is 0 Å². The van der Waals surface area contributed by atoms with Gasteiger partial charge in [-0.05, 0) is 41.5 Å². The number of carbonyl (C=O) groups is 2. The predicted octanol–water partition coefficient (Wildman–Crippen LogP) is 4.87. The maximum Gasteiger partial charge on any atom is 0.228 e. The van der Waals surface area contributed by atoms with Gasteiger partial charge in [-0.1, -0.05) is 49.0 Å². The van der Waals surface area contributed by atoms with Crippen molar-refractivity contribution in [3.8, 4) is 0 Å². The van der Waals surface area contributed by atoms with E-state index in [1.54, 1.807) is 4.90 Å². The van der Waals surface area contributed by atoms with Gasteiger partial charge in [0.05, 0.1) is 0 Å². The summed E-state index contributed by atoms with van der Waals surface area (Å²) in [6.07, 6.45) is 0. The quantitative estimate of drug-likeness (QED) is 0.681. The van der Waals surface area contributed by atoms with E-state index < -0.39 is 0 Å². The molecule has 0 saturated heterocycles. The second-order valence-electron chi connectivity index (χ2n) is 10.2. The molecule has 146 valence electrons. The van der Waals surface area contributed by atoms with Crippen molar-refractivity contribution in [3.05, 3.63) is 0 Å². The highest BCUT2D eigenvalue weighted by Crippen LogP contribution is 2.21. The van der Waals surface area contributed by atoms with E-state index in [-0.39, 0.29) is 41.1 Å². The van der Waals surface area contributed by atoms with Crippen LogP contribution in [0.25, 0.3) is 0 Å². The standard InChI is InChI=1S/C10H21NO.C9H19NO.CH4/c1-9(2,3)8(12)11(7)10(4,5)6;1-8(2,3)7(11)10-9(4,5)6;/h1-7H3;1-6H3,(H,10,11);1H4. The summed E-state index contributed by atoms with van der Waals surface area (Å²) < 4.78 is 0. The maximum absolute atomic E-state index is 11.7. The Kier molecular flexibility index (Phi) is 10.3. The van der Waals surface area contributed by atoms with Crippen LogP contribution >= 0.6 is 0 Å². The Morgan fingerprint density at radius 1 is 0.708 bits per heavy atom. The second kappa shape index (κ2) is 8.87. The molecule has 0 spiro atoms. The van der Waals surface area contributed by atoms with Gasteiger partial charge in [-0.2, -0.15) is 0 Å². The van der Waals surface area contributed by atoms with Crippen molar-refractivity contribution in [1.82, 2.24) is 10.2 Å². The molecule has 2 amide bonds. The van der Waals surface area contributed by atoms with Crippen molar-refractivity contribution in [2.24, 2.45) is 10.8 Å². The molecule has 0 aromatic rings. The minimum atomic E-state index is -0.284. The zero-order valence-corrected chi connectivity index (χ0v) is 17.8. The molecule has 0 atom stereocenters. The molecular weight excluding hydrogens is 300 g/mol. The Morgan fingerprint density at radius 2 is 1.04 bits per heavy atom. The summed E-state index contributed by atoms with van der Waals surface area (Å²) >= 11 is 0. The Morgan fingerprint density at radius 3 is 1.12 bits per heavy atom. The van der Waals surface area contributed by atoms with Gasteiger partial charge in [0.1, 0.15) is 0 Å². The zero-order chi connectivity index (χ0) is 19.4. The van der Waals surface area contributed by atoms with Crippen LogP contribution in [-0.4, -0.2) is 34.8 Å². The van der Waals surface area contributed by atoms with Gasteiger partial charge in [-0.15, -0.1) is 0 Å². The first-order valence-corrected chi connectivity index (χ1v) is 8.30. The first-order chi connectivity index (χ1) is 9.69. The summed E-state index contributed by atoms with van der Waals surface area (Å²) in [5.74, 6) is 0.292. The van der Waals surface area contributed by atoms with Gasteiger partial charge < -0.3 is 10.2 Å². The molecule has 0 rings (SSSR count). The van der Waals surface area contributed by atoms with E-state index in [0.29, 0.717) is 0 Å². The largest absolute Gasteiger partial charge is 0.351 e. The highest BCUT2D eigenvalue weighted by atomic mass is 16.2. The average Bonchev–Trinajstić information content (AvgIpc) is 2.21. The van der Waals surface area contributed by atoms with E-state index in [1.807, 2.05) is 90.1 Å². The van der Waals surface area contributed by atoms with E-state index in [0.717, 1.165) is 0 Å². The van der Waals surface area contributed by atoms with E-state index in [4.69, 9.17) is 0 Å². The van der Waals surface area contributed by atoms with Gasteiger partial charge in [0.15, 0.2) is 0 Å². The molecule has 0 aromatic heterocycles. The molecule has 0 saturated carbocycles. The lowest BCUT2D eigenvalue weighted by molar-refractivity contribution is -0.142. The third-order valence-corrected chi connectivity index (χ3v) is 3.12. The molecule has 0 heterocycles. The monoisotopic (exact) mass is 344 g/mol. The summed E-state index contributed by atoms with van der Waals surface area (Å²) in [6, 6.07) is 0. The molecule has 0 aromatic carbocycles. The number of hydrogen-bond acceptors (Lipinski definition) is 2. The van der Waals surface area contributed by atoms with Crippen LogP contribution < -0.4 is 5.32 Å². The Balaban J connectivity index is -0.000000354. The van der Waals surface area contributed by atoms with Crippen molar-refractivity contribution in [2.45, 2.75) is 102 Å². The lowest BCUT2D eigenvalue weighted by atomic mass is 9.92. The van der Waals surface area contributed by atoms with Crippen LogP contribution in [0.5, 0.6) is 0 Å². The topological polar surface area (TPSA) is 49.4 Å². The molecule has 4 heteroatoms. The van der Waals surface area contributed by atoms with Crippen molar-refractivity contribution in [2.75, 3.05) is 7.05 Å². The summed E-state index contributed by atoms with van der Waals surface area (Å²) in [5.41, 5.74) is -0.760. The van der Waals surface area contributed by atoms with Crippen molar-refractivity contribution in [1.29, 1.82) is 0 Å². The summed E-state index contributed by atoms with van der Waals surface area (Å²) in [4.78, 5) is 24.9. The lowest BCUT2D eigenvalue weighted by Crippen LogP contribution is -2.47. The molecule has 0 unspecified atom stereocenters. The summed E-state index contributed by atoms with van der Waals surface area (Å²) in [5, 5.41) is 2.92. The number of hydrogen-bond donors (Lipinski definition) is 1. The van der Waals surface area contributed by atoms with Crippen LogP contribution in [0.15, 0.2) is 0 Å². The minimum Gasteiger partial charge on any atom is -0.351 e. The van der Waals surface area contributed by atoms with Gasteiger partial charge in [0, 0.05) is 29.0 Å². The van der Waals surface area contributed by atoms with Crippen LogP contribution in [0.4, 0.5) is 0 Å². The fraction of sp³-hybridized carbons (Fsp3) is 0.900. The van der Waals surface area contributed by atoms with E-state index in [1.165, 1.54) is 0 Å². The Bertz CT molecular complexity index is 399. The Labute approximate surface area is 151 Å². The molecule has 4 nitrogen and oxygen atoms in total. The third kappa shape index (κ3) is 12.4. The van der Waals surface area contributed by atoms with E-state index in [9.17, 15) is 9.59 Å². The highest BCUT2D eigenvalue weighted by Gasteiger charge is 2.30. The fourth-order valence-electron chi connectivity index (χ4n) is 1.34. The Hall–Kier alpha value is -1.06. The molecule has 0 aliphatic carbocycles. The van der Waals surface area contributed by atoms with E-state index >= 15 is 0 Å². The van der Waals surface area contributed by atoms with E-state index in [2.05, 4.69) is 5.32 Å². The normalized spacial score (nSPS) is 12.4. The number of rotatable bonds is 0. The van der Waals surface area contributed by atoms with Crippen LogP contribution in [0.3, 0.4) is 0 Å². The molecule has 24 heavy (non-hydrogen) atoms. The molecule has 0 bridgehead atoms. The summed E-state index contributed by atoms with van der Waals surface area (Å²) in [6.45, 7) is 23.6. The lowest BCUT2D eigenvalue weighted by Gasteiger charge is -2.36. The molecule has 0 aliphatic rings. The summed E-state index contributed by atoms with van der Waals surface area (Å²) in [7, 11) is 1.85. The molecule has 0 aliphatic heterocycles. The smallest absolute Gasteiger partial charge is 0.228 e. The zero-order valence-electron chi connectivity index (χ0n) is 17.8. The molecule has 0 fully saturated rings. The van der Waals surface area contributed by atoms with Crippen LogP contribution in [-0.2, 0) is 9.59 Å². The first-order valence-electron chi connectivity index (χ1n) is 8.30. The number of nitrogens with one attached hydrogen (secondary N) is 1. The van der Waals surface area contributed by atoms with Crippen molar-refractivity contribution >= 4 is 11.8 Å². The minimum absolute atomic E-state index is 0. The number of nitrogens with zero attached hydrogens (tertiary/aromatic N) is 1. The maximum atomic E-state index is 11.7. The average molecular weight is 345 g/mol. The second-order valence-corrected chi connectivity index (χ2v) is 10.2. The number of amides is 2. The first kappa shape index (κ1) is 27.8. The van der Waals surface area contributed by atoms with Crippen LogP contribution in [0, 0.1) is 10.8 Å². The SMILES string of the molecule is C.CC(C)(C)NC(=O)C(C)(C)C.CN(C(=O)C(C)(C)C)C(C)(C)C. The van der Waals surface area contributed by atoms with Crippen molar-refractivity contribution in [3.63, 3.8) is 0 Å². The van der Waals surface area contributed by atoms with Gasteiger partial charge in [-0.3, -0.25) is 9.59 Å². The molecule has 0 radical (unpaired) electrons. The van der Waals surface area contributed by atoms with Gasteiger partial charge in [0.25, 0.3) is 0 Å². The van der Waals surface area contributed by atoms with Crippen LogP contribution in [0.1, 0.15) is 90.5 Å². The molecular formula is C20H44N2O2. The van der Waals surface area contributed by atoms with Gasteiger partial charge >= 0.3 is 0 Å². The van der Waals surface area contributed by atoms with Crippen molar-refractivity contribution < 1.29 is 9.59 Å². The predicted molar refractivity (Wildman–Crippen MR) is 106 cm³/mol. The fourth-order valence-corrected chi connectivity index (χ4v) is 1.34. The third-order valence-electron chi connectivity index (χ3n) is 3.12. The molecule has 1 N–H and O–H groups in total. The highest BCUT2D eigenvalue weighted by molar-refractivity contribution is 5.82. The van der Waals surface area contributed by atoms with Crippen LogP contribution in [0.2, 0.25) is 0 Å². The number of carbonyl (C=O) groups excluding carboxylic acids is 2.